The van der Waals surface area contributed by atoms with E-state index in [4.69, 9.17) is 4.74 Å². The van der Waals surface area contributed by atoms with Crippen LogP contribution >= 0.6 is 11.3 Å². The second kappa shape index (κ2) is 8.62. The van der Waals surface area contributed by atoms with E-state index >= 15 is 0 Å². The lowest BCUT2D eigenvalue weighted by molar-refractivity contribution is -0.117. The third kappa shape index (κ3) is 4.72. The molecular formula is C20H20N4O3S. The molecule has 3 aromatic rings. The molecule has 0 unspecified atom stereocenters. The molecule has 2 N–H and O–H groups in total. The van der Waals surface area contributed by atoms with Crippen LogP contribution in [0, 0.1) is 6.92 Å². The fourth-order valence-electron chi connectivity index (χ4n) is 2.39. The van der Waals surface area contributed by atoms with Gasteiger partial charge in [-0.1, -0.05) is 41.2 Å². The predicted molar refractivity (Wildman–Crippen MR) is 109 cm³/mol. The molecule has 0 aliphatic heterocycles. The van der Waals surface area contributed by atoms with Crippen molar-refractivity contribution in [1.82, 2.24) is 15.5 Å². The van der Waals surface area contributed by atoms with E-state index in [2.05, 4.69) is 20.8 Å². The summed E-state index contributed by atoms with van der Waals surface area (Å²) in [6.45, 7) is 3.62. The van der Waals surface area contributed by atoms with Gasteiger partial charge in [0.05, 0.1) is 7.11 Å². The van der Waals surface area contributed by atoms with Crippen LogP contribution in [0.25, 0.3) is 10.6 Å². The van der Waals surface area contributed by atoms with Gasteiger partial charge in [0, 0.05) is 11.1 Å². The molecule has 1 heterocycles. The van der Waals surface area contributed by atoms with Crippen LogP contribution in [0.15, 0.2) is 48.5 Å². The number of anilines is 1. The summed E-state index contributed by atoms with van der Waals surface area (Å²) >= 11 is 1.28. The molecule has 2 amide bonds. The van der Waals surface area contributed by atoms with Gasteiger partial charge in [0.2, 0.25) is 11.0 Å². The largest absolute Gasteiger partial charge is 0.497 e. The monoisotopic (exact) mass is 396 g/mol. The summed E-state index contributed by atoms with van der Waals surface area (Å²) < 4.78 is 5.07. The Labute approximate surface area is 166 Å². The zero-order chi connectivity index (χ0) is 20.1. The Hall–Kier alpha value is -3.26. The molecule has 28 heavy (non-hydrogen) atoms. The van der Waals surface area contributed by atoms with Gasteiger partial charge in [-0.3, -0.25) is 14.9 Å². The van der Waals surface area contributed by atoms with Crippen LogP contribution in [0.1, 0.15) is 22.8 Å². The van der Waals surface area contributed by atoms with E-state index in [1.54, 1.807) is 38.3 Å². The molecule has 0 aliphatic carbocycles. The number of aromatic nitrogens is 2. The van der Waals surface area contributed by atoms with Gasteiger partial charge in [-0.05, 0) is 38.1 Å². The van der Waals surface area contributed by atoms with Crippen molar-refractivity contribution in [2.45, 2.75) is 19.9 Å². The third-order valence-corrected chi connectivity index (χ3v) is 4.93. The van der Waals surface area contributed by atoms with E-state index in [9.17, 15) is 9.59 Å². The predicted octanol–water partition coefficient (Wildman–Crippen LogP) is 3.28. The lowest BCUT2D eigenvalue weighted by Crippen LogP contribution is -2.41. The molecule has 0 bridgehead atoms. The SMILES string of the molecule is COc1ccc(C(=O)N[C@@H](C)C(=O)Nc2nnc(-c3ccc(C)cc3)s2)cc1. The average Bonchev–Trinajstić information content (AvgIpc) is 3.16. The first-order chi connectivity index (χ1) is 13.5. The van der Waals surface area contributed by atoms with Gasteiger partial charge in [-0.25, -0.2) is 0 Å². The van der Waals surface area contributed by atoms with Gasteiger partial charge in [-0.15, -0.1) is 10.2 Å². The summed E-state index contributed by atoms with van der Waals surface area (Å²) in [7, 11) is 1.55. The Morgan fingerprint density at radius 1 is 1.04 bits per heavy atom. The number of benzene rings is 2. The number of carbonyl (C=O) groups is 2. The molecular weight excluding hydrogens is 376 g/mol. The smallest absolute Gasteiger partial charge is 0.251 e. The zero-order valence-corrected chi connectivity index (χ0v) is 16.5. The fraction of sp³-hybridized carbons (Fsp3) is 0.200. The first kappa shape index (κ1) is 19.5. The zero-order valence-electron chi connectivity index (χ0n) is 15.7. The molecule has 0 aliphatic rings. The normalized spacial score (nSPS) is 11.5. The molecule has 2 aromatic carbocycles. The van der Waals surface area contributed by atoms with Crippen molar-refractivity contribution in [2.24, 2.45) is 0 Å². The molecule has 144 valence electrons. The van der Waals surface area contributed by atoms with Crippen LogP contribution in [-0.2, 0) is 4.79 Å². The molecule has 0 radical (unpaired) electrons. The number of nitrogens with one attached hydrogen (secondary N) is 2. The van der Waals surface area contributed by atoms with E-state index in [0.717, 1.165) is 11.1 Å². The Bertz CT molecular complexity index is 968. The number of hydrogen-bond donors (Lipinski definition) is 2. The maximum atomic E-state index is 12.4. The van der Waals surface area contributed by atoms with Gasteiger partial charge in [0.1, 0.15) is 16.8 Å². The number of aryl methyl sites for hydroxylation is 1. The van der Waals surface area contributed by atoms with Crippen LogP contribution < -0.4 is 15.4 Å². The Balaban J connectivity index is 1.59. The lowest BCUT2D eigenvalue weighted by atomic mass is 10.2. The number of methoxy groups -OCH3 is 1. The molecule has 8 heteroatoms. The molecule has 7 nitrogen and oxygen atoms in total. The minimum Gasteiger partial charge on any atom is -0.497 e. The molecule has 0 saturated carbocycles. The van der Waals surface area contributed by atoms with Gasteiger partial charge in [0.25, 0.3) is 5.91 Å². The van der Waals surface area contributed by atoms with Gasteiger partial charge < -0.3 is 10.1 Å². The van der Waals surface area contributed by atoms with E-state index in [-0.39, 0.29) is 11.8 Å². The van der Waals surface area contributed by atoms with E-state index in [0.29, 0.717) is 21.5 Å². The fourth-order valence-corrected chi connectivity index (χ4v) is 3.14. The summed E-state index contributed by atoms with van der Waals surface area (Å²) in [4.78, 5) is 24.6. The van der Waals surface area contributed by atoms with Crippen molar-refractivity contribution in [2.75, 3.05) is 12.4 Å². The lowest BCUT2D eigenvalue weighted by Gasteiger charge is -2.13. The molecule has 0 fully saturated rings. The minimum absolute atomic E-state index is 0.345. The summed E-state index contributed by atoms with van der Waals surface area (Å²) in [5.74, 6) is -0.0561. The molecule has 0 saturated heterocycles. The quantitative estimate of drug-likeness (QED) is 0.667. The maximum Gasteiger partial charge on any atom is 0.251 e. The highest BCUT2D eigenvalue weighted by Gasteiger charge is 2.18. The standard InChI is InChI=1S/C20H20N4O3S/c1-12-4-6-15(7-5-12)19-23-24-20(28-19)22-17(25)13(2)21-18(26)14-8-10-16(27-3)11-9-14/h4-11,13H,1-3H3,(H,21,26)(H,22,24,25)/t13-/m0/s1. The second-order valence-electron chi connectivity index (χ2n) is 6.19. The maximum absolute atomic E-state index is 12.4. The van der Waals surface area contributed by atoms with Crippen molar-refractivity contribution in [3.05, 3.63) is 59.7 Å². The average molecular weight is 396 g/mol. The highest BCUT2D eigenvalue weighted by atomic mass is 32.1. The van der Waals surface area contributed by atoms with E-state index in [1.165, 1.54) is 11.3 Å². The summed E-state index contributed by atoms with van der Waals surface area (Å²) in [6, 6.07) is 13.8. The van der Waals surface area contributed by atoms with Crippen molar-refractivity contribution in [3.8, 4) is 16.3 Å². The van der Waals surface area contributed by atoms with Gasteiger partial charge in [0.15, 0.2) is 0 Å². The number of ether oxygens (including phenoxy) is 1. The van der Waals surface area contributed by atoms with Crippen molar-refractivity contribution in [1.29, 1.82) is 0 Å². The first-order valence-electron chi connectivity index (χ1n) is 8.62. The number of hydrogen-bond acceptors (Lipinski definition) is 6. The third-order valence-electron chi connectivity index (χ3n) is 4.05. The molecule has 0 spiro atoms. The van der Waals surface area contributed by atoms with Crippen LogP contribution in [0.2, 0.25) is 0 Å². The highest BCUT2D eigenvalue weighted by Crippen LogP contribution is 2.26. The Kier molecular flexibility index (Phi) is 6.00. The first-order valence-corrected chi connectivity index (χ1v) is 9.44. The minimum atomic E-state index is -0.735. The van der Waals surface area contributed by atoms with Crippen molar-refractivity contribution >= 4 is 28.3 Å². The number of carbonyl (C=O) groups excluding carboxylic acids is 2. The van der Waals surface area contributed by atoms with Crippen LogP contribution in [0.3, 0.4) is 0 Å². The van der Waals surface area contributed by atoms with E-state index < -0.39 is 6.04 Å². The van der Waals surface area contributed by atoms with Gasteiger partial charge in [-0.2, -0.15) is 0 Å². The molecule has 1 aromatic heterocycles. The van der Waals surface area contributed by atoms with Crippen molar-refractivity contribution in [3.63, 3.8) is 0 Å². The number of rotatable bonds is 6. The van der Waals surface area contributed by atoms with Crippen LogP contribution in [-0.4, -0.2) is 35.2 Å². The number of amides is 2. The Morgan fingerprint density at radius 3 is 2.36 bits per heavy atom. The number of nitrogens with zero attached hydrogens (tertiary/aromatic N) is 2. The summed E-state index contributed by atoms with van der Waals surface area (Å²) in [6.07, 6.45) is 0. The Morgan fingerprint density at radius 2 is 1.71 bits per heavy atom. The highest BCUT2D eigenvalue weighted by molar-refractivity contribution is 7.18. The van der Waals surface area contributed by atoms with E-state index in [1.807, 2.05) is 31.2 Å². The molecule has 1 atom stereocenters. The summed E-state index contributed by atoms with van der Waals surface area (Å²) in [5.41, 5.74) is 2.53. The topological polar surface area (TPSA) is 93.2 Å². The van der Waals surface area contributed by atoms with Crippen molar-refractivity contribution < 1.29 is 14.3 Å². The van der Waals surface area contributed by atoms with Crippen LogP contribution in [0.5, 0.6) is 5.75 Å². The van der Waals surface area contributed by atoms with Gasteiger partial charge >= 0.3 is 0 Å². The molecule has 3 rings (SSSR count). The summed E-state index contributed by atoms with van der Waals surface area (Å²) in [5, 5.41) is 14.6. The van der Waals surface area contributed by atoms with Crippen LogP contribution in [0.4, 0.5) is 5.13 Å². The second-order valence-corrected chi connectivity index (χ2v) is 7.17.